The summed E-state index contributed by atoms with van der Waals surface area (Å²) in [7, 11) is 1.29. The molecular formula is C14H20F2N2O2. The Balaban J connectivity index is 1.62. The van der Waals surface area contributed by atoms with E-state index in [0.717, 1.165) is 19.3 Å². The van der Waals surface area contributed by atoms with Gasteiger partial charge in [-0.05, 0) is 37.7 Å². The first-order chi connectivity index (χ1) is 9.51. The van der Waals surface area contributed by atoms with E-state index in [9.17, 15) is 13.6 Å². The predicted molar refractivity (Wildman–Crippen MR) is 69.4 cm³/mol. The Morgan fingerprint density at radius 2 is 2.25 bits per heavy atom. The molecule has 0 aromatic rings. The molecule has 2 unspecified atom stereocenters. The number of carbonyl (C=O) groups is 1. The second kappa shape index (κ2) is 4.98. The SMILES string of the molecule is COC1CCN(C(=O)C2CC3=C(CCC3)N2)CC1(F)F. The molecule has 2 heterocycles. The molecule has 0 aromatic heterocycles. The van der Waals surface area contributed by atoms with E-state index in [1.165, 1.54) is 23.3 Å². The van der Waals surface area contributed by atoms with E-state index >= 15 is 0 Å². The standard InChI is InChI=1S/C14H20F2N2O2/c1-20-12-5-6-18(8-14(12,15)16)13(19)11-7-9-3-2-4-10(9)17-11/h11-12,17H,2-8H2,1H3. The average Bonchev–Trinajstić information content (AvgIpc) is 2.97. The van der Waals surface area contributed by atoms with E-state index < -0.39 is 18.6 Å². The van der Waals surface area contributed by atoms with Gasteiger partial charge in [0, 0.05) is 19.4 Å². The molecule has 1 saturated heterocycles. The van der Waals surface area contributed by atoms with Crippen LogP contribution in [0.1, 0.15) is 32.1 Å². The van der Waals surface area contributed by atoms with Gasteiger partial charge in [-0.15, -0.1) is 0 Å². The van der Waals surface area contributed by atoms with Crippen LogP contribution in [0.25, 0.3) is 0 Å². The molecule has 2 atom stereocenters. The Hall–Kier alpha value is -1.17. The molecule has 1 fully saturated rings. The van der Waals surface area contributed by atoms with E-state index in [1.807, 2.05) is 0 Å². The number of halogens is 2. The number of nitrogens with zero attached hydrogens (tertiary/aromatic N) is 1. The quantitative estimate of drug-likeness (QED) is 0.839. The zero-order chi connectivity index (χ0) is 14.3. The molecule has 0 saturated carbocycles. The molecule has 0 spiro atoms. The maximum absolute atomic E-state index is 13.8. The van der Waals surface area contributed by atoms with Crippen LogP contribution in [0.2, 0.25) is 0 Å². The second-order valence-electron chi connectivity index (χ2n) is 5.87. The fourth-order valence-electron chi connectivity index (χ4n) is 3.48. The third kappa shape index (κ3) is 2.30. The van der Waals surface area contributed by atoms with Gasteiger partial charge in [-0.25, -0.2) is 8.78 Å². The molecule has 0 radical (unpaired) electrons. The normalized spacial score (nSPS) is 32.2. The van der Waals surface area contributed by atoms with Crippen LogP contribution in [0.5, 0.6) is 0 Å². The average molecular weight is 286 g/mol. The Kier molecular flexibility index (Phi) is 3.44. The first-order valence-corrected chi connectivity index (χ1v) is 7.18. The van der Waals surface area contributed by atoms with Crippen molar-refractivity contribution < 1.29 is 18.3 Å². The summed E-state index contributed by atoms with van der Waals surface area (Å²) < 4.78 is 32.5. The lowest BCUT2D eigenvalue weighted by atomic mass is 10.0. The van der Waals surface area contributed by atoms with E-state index in [1.54, 1.807) is 0 Å². The van der Waals surface area contributed by atoms with Crippen molar-refractivity contribution in [1.82, 2.24) is 10.2 Å². The number of alkyl halides is 2. The highest BCUT2D eigenvalue weighted by Gasteiger charge is 2.47. The molecule has 6 heteroatoms. The number of allylic oxidation sites excluding steroid dienone is 1. The van der Waals surface area contributed by atoms with E-state index in [2.05, 4.69) is 5.32 Å². The molecule has 3 aliphatic rings. The Morgan fingerprint density at radius 3 is 2.90 bits per heavy atom. The number of hydrogen-bond acceptors (Lipinski definition) is 3. The van der Waals surface area contributed by atoms with Crippen LogP contribution in [0.4, 0.5) is 8.78 Å². The van der Waals surface area contributed by atoms with Crippen LogP contribution in [0, 0.1) is 0 Å². The minimum absolute atomic E-state index is 0.190. The number of amides is 1. The Labute approximate surface area is 117 Å². The van der Waals surface area contributed by atoms with Crippen LogP contribution in [0.3, 0.4) is 0 Å². The minimum atomic E-state index is -2.96. The highest BCUT2D eigenvalue weighted by atomic mass is 19.3. The molecule has 1 N–H and O–H groups in total. The lowest BCUT2D eigenvalue weighted by molar-refractivity contribution is -0.173. The van der Waals surface area contributed by atoms with Crippen LogP contribution in [-0.2, 0) is 9.53 Å². The van der Waals surface area contributed by atoms with Crippen LogP contribution < -0.4 is 5.32 Å². The van der Waals surface area contributed by atoms with Crippen molar-refractivity contribution in [2.45, 2.75) is 50.2 Å². The van der Waals surface area contributed by atoms with E-state index in [-0.39, 0.29) is 18.4 Å². The third-order valence-corrected chi connectivity index (χ3v) is 4.56. The minimum Gasteiger partial charge on any atom is -0.377 e. The summed E-state index contributed by atoms with van der Waals surface area (Å²) in [6.07, 6.45) is 2.95. The highest BCUT2D eigenvalue weighted by molar-refractivity contribution is 5.83. The van der Waals surface area contributed by atoms with Gasteiger partial charge in [-0.3, -0.25) is 4.79 Å². The number of nitrogens with one attached hydrogen (secondary N) is 1. The summed E-state index contributed by atoms with van der Waals surface area (Å²) in [6.45, 7) is -0.192. The van der Waals surface area contributed by atoms with E-state index in [4.69, 9.17) is 4.74 Å². The summed E-state index contributed by atoms with van der Waals surface area (Å²) in [5.74, 6) is -3.16. The van der Waals surface area contributed by atoms with E-state index in [0.29, 0.717) is 13.0 Å². The van der Waals surface area contributed by atoms with Gasteiger partial charge in [-0.2, -0.15) is 0 Å². The molecule has 2 aliphatic heterocycles. The van der Waals surface area contributed by atoms with Gasteiger partial charge in [0.25, 0.3) is 5.92 Å². The molecule has 0 bridgehead atoms. The topological polar surface area (TPSA) is 41.6 Å². The lowest BCUT2D eigenvalue weighted by Gasteiger charge is -2.38. The van der Waals surface area contributed by atoms with Crippen molar-refractivity contribution in [1.29, 1.82) is 0 Å². The molecule has 20 heavy (non-hydrogen) atoms. The van der Waals surface area contributed by atoms with Crippen LogP contribution in [-0.4, -0.2) is 49.1 Å². The Morgan fingerprint density at radius 1 is 1.45 bits per heavy atom. The first-order valence-electron chi connectivity index (χ1n) is 7.18. The fourth-order valence-corrected chi connectivity index (χ4v) is 3.48. The molecule has 1 amide bonds. The number of carbonyl (C=O) groups excluding carboxylic acids is 1. The number of rotatable bonds is 2. The monoisotopic (exact) mass is 286 g/mol. The summed E-state index contributed by atoms with van der Waals surface area (Å²) in [6, 6.07) is -0.338. The van der Waals surface area contributed by atoms with Gasteiger partial charge in [0.15, 0.2) is 0 Å². The van der Waals surface area contributed by atoms with Crippen molar-refractivity contribution in [2.24, 2.45) is 0 Å². The van der Waals surface area contributed by atoms with Gasteiger partial charge in [0.2, 0.25) is 5.91 Å². The number of likely N-dealkylation sites (tertiary alicyclic amines) is 1. The summed E-state index contributed by atoms with van der Waals surface area (Å²) in [5.41, 5.74) is 2.48. The van der Waals surface area contributed by atoms with Crippen molar-refractivity contribution in [3.8, 4) is 0 Å². The van der Waals surface area contributed by atoms with Crippen molar-refractivity contribution in [3.63, 3.8) is 0 Å². The predicted octanol–water partition coefficient (Wildman–Crippen LogP) is 1.67. The van der Waals surface area contributed by atoms with Crippen LogP contribution in [0.15, 0.2) is 11.3 Å². The van der Waals surface area contributed by atoms with Gasteiger partial charge >= 0.3 is 0 Å². The Bertz CT molecular complexity index is 434. The fraction of sp³-hybridized carbons (Fsp3) is 0.786. The maximum Gasteiger partial charge on any atom is 0.290 e. The third-order valence-electron chi connectivity index (χ3n) is 4.56. The van der Waals surface area contributed by atoms with Crippen molar-refractivity contribution in [3.05, 3.63) is 11.3 Å². The van der Waals surface area contributed by atoms with Gasteiger partial charge in [-0.1, -0.05) is 0 Å². The smallest absolute Gasteiger partial charge is 0.290 e. The number of hydrogen-bond donors (Lipinski definition) is 1. The molecule has 1 aliphatic carbocycles. The van der Waals surface area contributed by atoms with Crippen molar-refractivity contribution in [2.75, 3.05) is 20.2 Å². The molecule has 4 nitrogen and oxygen atoms in total. The second-order valence-corrected chi connectivity index (χ2v) is 5.87. The first kappa shape index (κ1) is 13.8. The van der Waals surface area contributed by atoms with Crippen molar-refractivity contribution >= 4 is 5.91 Å². The number of piperidine rings is 1. The zero-order valence-electron chi connectivity index (χ0n) is 11.6. The lowest BCUT2D eigenvalue weighted by Crippen LogP contribution is -2.57. The highest BCUT2D eigenvalue weighted by Crippen LogP contribution is 2.35. The molecular weight excluding hydrogens is 266 g/mol. The number of methoxy groups -OCH3 is 1. The van der Waals surface area contributed by atoms with Crippen LogP contribution >= 0.6 is 0 Å². The molecule has 3 rings (SSSR count). The summed E-state index contributed by atoms with van der Waals surface area (Å²) in [5, 5.41) is 3.21. The van der Waals surface area contributed by atoms with Gasteiger partial charge < -0.3 is 15.0 Å². The molecule has 112 valence electrons. The largest absolute Gasteiger partial charge is 0.377 e. The number of ether oxygens (including phenoxy) is 1. The van der Waals surface area contributed by atoms with Gasteiger partial charge in [0.05, 0.1) is 6.54 Å². The molecule has 0 aromatic carbocycles. The zero-order valence-corrected chi connectivity index (χ0v) is 11.6. The van der Waals surface area contributed by atoms with Gasteiger partial charge in [0.1, 0.15) is 12.1 Å². The summed E-state index contributed by atoms with van der Waals surface area (Å²) >= 11 is 0. The summed E-state index contributed by atoms with van der Waals surface area (Å²) in [4.78, 5) is 13.7. The maximum atomic E-state index is 13.8.